The molecule has 0 aliphatic heterocycles. The molecular weight excluding hydrogens is 144 g/mol. The molecule has 5 nitrogen and oxygen atoms in total. The predicted molar refractivity (Wildman–Crippen MR) is 36.8 cm³/mol. The Morgan fingerprint density at radius 1 is 1.91 bits per heavy atom. The maximum Gasteiger partial charge on any atom is 0.326 e. The number of rotatable bonds is 0. The van der Waals surface area contributed by atoms with Gasteiger partial charge in [-0.1, -0.05) is 0 Å². The van der Waals surface area contributed by atoms with Crippen molar-refractivity contribution in [1.82, 2.24) is 14.9 Å². The molecule has 0 unspecified atom stereocenters. The van der Waals surface area contributed by atoms with Crippen molar-refractivity contribution in [2.45, 2.75) is 0 Å². The molecule has 0 aromatic carbocycles. The highest BCUT2D eigenvalue weighted by Crippen LogP contribution is 1.91. The molecule has 0 saturated heterocycles. The summed E-state index contributed by atoms with van der Waals surface area (Å²) in [6.07, 6.45) is 2.65. The third-order valence-corrected chi connectivity index (χ3v) is 1.15. The van der Waals surface area contributed by atoms with Gasteiger partial charge in [-0.25, -0.2) is 9.78 Å². The summed E-state index contributed by atoms with van der Waals surface area (Å²) in [5.74, 6) is 0. The summed E-state index contributed by atoms with van der Waals surface area (Å²) in [5.41, 5.74) is 0.230. The van der Waals surface area contributed by atoms with Crippen molar-refractivity contribution >= 4 is 6.03 Å². The number of nitriles is 1. The molecule has 1 N–H and O–H groups in total. The minimum atomic E-state index is -0.306. The lowest BCUT2D eigenvalue weighted by atomic mass is 10.5. The number of amides is 1. The van der Waals surface area contributed by atoms with Crippen molar-refractivity contribution < 1.29 is 4.79 Å². The molecule has 0 atom stereocenters. The first-order valence-corrected chi connectivity index (χ1v) is 2.94. The average Bonchev–Trinajstić information content (AvgIpc) is 2.50. The van der Waals surface area contributed by atoms with E-state index in [-0.39, 0.29) is 11.7 Å². The van der Waals surface area contributed by atoms with E-state index in [1.54, 1.807) is 0 Å². The second-order valence-electron chi connectivity index (χ2n) is 1.83. The highest BCUT2D eigenvalue weighted by Gasteiger charge is 2.01. The average molecular weight is 150 g/mol. The van der Waals surface area contributed by atoms with Crippen LogP contribution in [-0.4, -0.2) is 22.6 Å². The van der Waals surface area contributed by atoms with Crippen LogP contribution in [0.25, 0.3) is 0 Å². The topological polar surface area (TPSA) is 70.7 Å². The maximum atomic E-state index is 10.8. The quantitative estimate of drug-likeness (QED) is 0.563. The second-order valence-corrected chi connectivity index (χ2v) is 1.83. The minimum absolute atomic E-state index is 0.230. The van der Waals surface area contributed by atoms with Gasteiger partial charge in [0, 0.05) is 7.05 Å². The van der Waals surface area contributed by atoms with Gasteiger partial charge in [0.2, 0.25) is 0 Å². The maximum absolute atomic E-state index is 10.8. The van der Waals surface area contributed by atoms with Gasteiger partial charge in [-0.15, -0.1) is 0 Å². The molecule has 0 spiro atoms. The molecule has 0 aliphatic carbocycles. The minimum Gasteiger partial charge on any atom is -0.340 e. The van der Waals surface area contributed by atoms with E-state index >= 15 is 0 Å². The highest BCUT2D eigenvalue weighted by molar-refractivity contribution is 5.76. The van der Waals surface area contributed by atoms with E-state index in [1.807, 2.05) is 6.07 Å². The zero-order chi connectivity index (χ0) is 8.27. The number of carbonyl (C=O) groups is 1. The SMILES string of the molecule is CNC(=O)n1cnc(C#N)c1. The number of hydrogen-bond donors (Lipinski definition) is 1. The Kier molecular flexibility index (Phi) is 1.88. The summed E-state index contributed by atoms with van der Waals surface area (Å²) in [4.78, 5) is 14.5. The van der Waals surface area contributed by atoms with E-state index in [1.165, 1.54) is 24.1 Å². The Hall–Kier alpha value is -1.83. The fourth-order valence-corrected chi connectivity index (χ4v) is 0.621. The molecule has 0 saturated carbocycles. The van der Waals surface area contributed by atoms with Crippen LogP contribution in [0, 0.1) is 11.3 Å². The molecule has 0 radical (unpaired) electrons. The standard InChI is InChI=1S/C6H6N4O/c1-8-6(11)10-3-5(2-7)9-4-10/h3-4H,1H3,(H,8,11). The summed E-state index contributed by atoms with van der Waals surface area (Å²) in [6, 6.07) is 1.51. The second kappa shape index (κ2) is 2.84. The van der Waals surface area contributed by atoms with Crippen LogP contribution in [-0.2, 0) is 0 Å². The normalized spacial score (nSPS) is 8.73. The Morgan fingerprint density at radius 2 is 2.64 bits per heavy atom. The zero-order valence-corrected chi connectivity index (χ0v) is 5.90. The van der Waals surface area contributed by atoms with Gasteiger partial charge in [-0.05, 0) is 0 Å². The van der Waals surface area contributed by atoms with E-state index in [9.17, 15) is 4.79 Å². The van der Waals surface area contributed by atoms with Gasteiger partial charge >= 0.3 is 6.03 Å². The number of aromatic nitrogens is 2. The van der Waals surface area contributed by atoms with Crippen LogP contribution in [0.5, 0.6) is 0 Å². The Bertz CT molecular complexity index is 309. The van der Waals surface area contributed by atoms with Crippen LogP contribution >= 0.6 is 0 Å². The predicted octanol–water partition coefficient (Wildman–Crippen LogP) is -0.0577. The third-order valence-electron chi connectivity index (χ3n) is 1.15. The molecule has 0 bridgehead atoms. The smallest absolute Gasteiger partial charge is 0.326 e. The van der Waals surface area contributed by atoms with E-state index in [0.29, 0.717) is 0 Å². The van der Waals surface area contributed by atoms with Crippen LogP contribution < -0.4 is 5.32 Å². The number of hydrogen-bond acceptors (Lipinski definition) is 3. The van der Waals surface area contributed by atoms with E-state index in [0.717, 1.165) is 0 Å². The van der Waals surface area contributed by atoms with E-state index in [2.05, 4.69) is 10.3 Å². The molecule has 1 amide bonds. The van der Waals surface area contributed by atoms with Crippen molar-refractivity contribution in [2.24, 2.45) is 0 Å². The van der Waals surface area contributed by atoms with Gasteiger partial charge < -0.3 is 5.32 Å². The summed E-state index contributed by atoms with van der Waals surface area (Å²) < 4.78 is 1.21. The molecule has 1 heterocycles. The fraction of sp³-hybridized carbons (Fsp3) is 0.167. The number of nitrogens with one attached hydrogen (secondary N) is 1. The molecule has 1 aromatic rings. The number of imidazole rings is 1. The Balaban J connectivity index is 2.91. The molecule has 5 heteroatoms. The van der Waals surface area contributed by atoms with Crippen LogP contribution in [0.1, 0.15) is 5.69 Å². The summed E-state index contributed by atoms with van der Waals surface area (Å²) >= 11 is 0. The van der Waals surface area contributed by atoms with Crippen LogP contribution in [0.3, 0.4) is 0 Å². The lowest BCUT2D eigenvalue weighted by Crippen LogP contribution is -2.22. The van der Waals surface area contributed by atoms with Crippen LogP contribution in [0.2, 0.25) is 0 Å². The molecule has 56 valence electrons. The monoisotopic (exact) mass is 150 g/mol. The van der Waals surface area contributed by atoms with Gasteiger partial charge in [0.05, 0.1) is 6.20 Å². The lowest BCUT2D eigenvalue weighted by Gasteiger charge is -1.95. The third kappa shape index (κ3) is 1.35. The van der Waals surface area contributed by atoms with Gasteiger partial charge in [0.25, 0.3) is 0 Å². The van der Waals surface area contributed by atoms with E-state index in [4.69, 9.17) is 5.26 Å². The van der Waals surface area contributed by atoms with Crippen LogP contribution in [0.15, 0.2) is 12.5 Å². The molecule has 0 fully saturated rings. The molecule has 11 heavy (non-hydrogen) atoms. The number of nitrogens with zero attached hydrogens (tertiary/aromatic N) is 3. The van der Waals surface area contributed by atoms with Gasteiger partial charge in [-0.2, -0.15) is 5.26 Å². The van der Waals surface area contributed by atoms with Crippen molar-refractivity contribution in [3.63, 3.8) is 0 Å². The molecule has 1 rings (SSSR count). The van der Waals surface area contributed by atoms with Crippen molar-refractivity contribution in [2.75, 3.05) is 7.05 Å². The Labute approximate surface area is 63.3 Å². The summed E-state index contributed by atoms with van der Waals surface area (Å²) in [5, 5.41) is 10.7. The largest absolute Gasteiger partial charge is 0.340 e. The number of carbonyl (C=O) groups excluding carboxylic acids is 1. The lowest BCUT2D eigenvalue weighted by molar-refractivity contribution is 0.244. The summed E-state index contributed by atoms with van der Waals surface area (Å²) in [6.45, 7) is 0. The zero-order valence-electron chi connectivity index (χ0n) is 5.90. The first-order chi connectivity index (χ1) is 5.27. The highest BCUT2D eigenvalue weighted by atomic mass is 16.2. The van der Waals surface area contributed by atoms with E-state index < -0.39 is 0 Å². The van der Waals surface area contributed by atoms with Crippen molar-refractivity contribution in [3.8, 4) is 6.07 Å². The van der Waals surface area contributed by atoms with Crippen molar-refractivity contribution in [3.05, 3.63) is 18.2 Å². The van der Waals surface area contributed by atoms with Crippen molar-refractivity contribution in [1.29, 1.82) is 5.26 Å². The first-order valence-electron chi connectivity index (χ1n) is 2.94. The van der Waals surface area contributed by atoms with Gasteiger partial charge in [0.15, 0.2) is 5.69 Å². The van der Waals surface area contributed by atoms with Gasteiger partial charge in [-0.3, -0.25) is 4.57 Å². The van der Waals surface area contributed by atoms with Gasteiger partial charge in [0.1, 0.15) is 12.4 Å². The fourth-order valence-electron chi connectivity index (χ4n) is 0.621. The molecule has 0 aliphatic rings. The first kappa shape index (κ1) is 7.28. The molecular formula is C6H6N4O. The molecule has 1 aromatic heterocycles. The van der Waals surface area contributed by atoms with Crippen LogP contribution in [0.4, 0.5) is 4.79 Å². The summed E-state index contributed by atoms with van der Waals surface area (Å²) in [7, 11) is 1.51. The Morgan fingerprint density at radius 3 is 3.09 bits per heavy atom.